The molecule has 1 atom stereocenters. The fraction of sp³-hybridized carbons (Fsp3) is 0.344. The quantitative estimate of drug-likeness (QED) is 0.289. The number of carbonyl (C=O) groups is 3. The number of hydrogen-bond donors (Lipinski definition) is 0. The van der Waals surface area contributed by atoms with Gasteiger partial charge >= 0.3 is 0 Å². The van der Waals surface area contributed by atoms with E-state index in [9.17, 15) is 19.6 Å². The predicted octanol–water partition coefficient (Wildman–Crippen LogP) is 5.37. The molecule has 1 saturated heterocycles. The highest BCUT2D eigenvalue weighted by molar-refractivity contribution is 8.00. The summed E-state index contributed by atoms with van der Waals surface area (Å²) in [5, 5.41) is 10.4. The van der Waals surface area contributed by atoms with E-state index in [1.54, 1.807) is 12.1 Å². The molecule has 1 fully saturated rings. The van der Waals surface area contributed by atoms with Crippen LogP contribution in [0.4, 0.5) is 5.69 Å². The average Bonchev–Trinajstić information content (AvgIpc) is 3.24. The summed E-state index contributed by atoms with van der Waals surface area (Å²) in [5.74, 6) is -0.994. The van der Waals surface area contributed by atoms with Crippen molar-refractivity contribution in [1.82, 2.24) is 9.88 Å². The van der Waals surface area contributed by atoms with Gasteiger partial charge in [0.1, 0.15) is 17.1 Å². The number of pyridine rings is 1. The zero-order valence-electron chi connectivity index (χ0n) is 22.6. The molecule has 204 valence electrons. The lowest BCUT2D eigenvalue weighted by Crippen LogP contribution is -2.45. The molecule has 0 spiro atoms. The molecule has 5 rings (SSSR count). The second-order valence-corrected chi connectivity index (χ2v) is 11.4. The summed E-state index contributed by atoms with van der Waals surface area (Å²) in [6, 6.07) is 20.0. The van der Waals surface area contributed by atoms with Crippen molar-refractivity contribution < 1.29 is 14.4 Å². The molecule has 0 saturated carbocycles. The molecule has 0 radical (unpaired) electrons. The Morgan fingerprint density at radius 2 is 1.77 bits per heavy atom. The first-order valence-corrected chi connectivity index (χ1v) is 14.8. The number of carbonyl (C=O) groups excluding carboxylic acids is 3. The lowest BCUT2D eigenvalue weighted by atomic mass is 9.96. The van der Waals surface area contributed by atoms with Gasteiger partial charge in [0.15, 0.2) is 0 Å². The molecule has 2 aromatic carbocycles. The van der Waals surface area contributed by atoms with Crippen LogP contribution in [0.15, 0.2) is 65.7 Å². The zero-order chi connectivity index (χ0) is 28.1. The summed E-state index contributed by atoms with van der Waals surface area (Å²) in [6.07, 6.45) is 6.23. The fourth-order valence-corrected chi connectivity index (χ4v) is 6.21. The second-order valence-electron chi connectivity index (χ2n) is 10.4. The number of imide groups is 1. The standard InChI is InChI=1S/C32H32N4O3S/c1-22-13-15-26(16-14-22)36-29(37)18-28(32(36)39)35(20-23-9-5-4-6-10-23)30(38)21-40-31-25(19-33)17-24-11-7-2-3-8-12-27(24)34-31/h4-6,9-10,13-17,28H,2-3,7-8,11-12,18,20-21H2,1H3. The first kappa shape index (κ1) is 27.6. The summed E-state index contributed by atoms with van der Waals surface area (Å²) in [4.78, 5) is 47.9. The third kappa shape index (κ3) is 6.10. The fourth-order valence-electron chi connectivity index (χ4n) is 5.35. The first-order valence-electron chi connectivity index (χ1n) is 13.8. The van der Waals surface area contributed by atoms with Crippen LogP contribution in [-0.4, -0.2) is 39.4 Å². The van der Waals surface area contributed by atoms with Gasteiger partial charge in [-0.15, -0.1) is 0 Å². The molecule has 1 aliphatic heterocycles. The van der Waals surface area contributed by atoms with Gasteiger partial charge in [0.05, 0.1) is 23.4 Å². The monoisotopic (exact) mass is 552 g/mol. The molecule has 0 N–H and O–H groups in total. The number of fused-ring (bicyclic) bond motifs is 1. The highest BCUT2D eigenvalue weighted by atomic mass is 32.2. The maximum absolute atomic E-state index is 13.7. The topological polar surface area (TPSA) is 94.4 Å². The minimum absolute atomic E-state index is 0.00972. The van der Waals surface area contributed by atoms with Gasteiger partial charge in [-0.05, 0) is 61.9 Å². The second kappa shape index (κ2) is 12.5. The lowest BCUT2D eigenvalue weighted by Gasteiger charge is -2.28. The molecule has 2 heterocycles. The van der Waals surface area contributed by atoms with E-state index in [1.807, 2.05) is 55.5 Å². The van der Waals surface area contributed by atoms with Gasteiger partial charge in [0.2, 0.25) is 11.8 Å². The molecule has 40 heavy (non-hydrogen) atoms. The molecular weight excluding hydrogens is 520 g/mol. The van der Waals surface area contributed by atoms with Crippen molar-refractivity contribution in [2.75, 3.05) is 10.7 Å². The van der Waals surface area contributed by atoms with Crippen molar-refractivity contribution in [2.45, 2.75) is 69.5 Å². The van der Waals surface area contributed by atoms with Crippen LogP contribution in [0.2, 0.25) is 0 Å². The predicted molar refractivity (Wildman–Crippen MR) is 155 cm³/mol. The largest absolute Gasteiger partial charge is 0.325 e. The van der Waals surface area contributed by atoms with E-state index in [1.165, 1.54) is 34.4 Å². The van der Waals surface area contributed by atoms with Gasteiger partial charge in [0, 0.05) is 12.2 Å². The number of thioether (sulfide) groups is 1. The molecule has 3 amide bonds. The SMILES string of the molecule is Cc1ccc(N2C(=O)CC(N(Cc3ccccc3)C(=O)CSc3nc4c(cc3C#N)CCCCCC4)C2=O)cc1. The molecule has 8 heteroatoms. The number of nitriles is 1. The van der Waals surface area contributed by atoms with E-state index in [0.717, 1.165) is 48.1 Å². The van der Waals surface area contributed by atoms with Crippen LogP contribution in [0.25, 0.3) is 0 Å². The van der Waals surface area contributed by atoms with Crippen molar-refractivity contribution >= 4 is 35.2 Å². The highest BCUT2D eigenvalue weighted by Crippen LogP contribution is 2.30. The van der Waals surface area contributed by atoms with Crippen molar-refractivity contribution in [3.8, 4) is 6.07 Å². The first-order chi connectivity index (χ1) is 19.4. The van der Waals surface area contributed by atoms with Crippen molar-refractivity contribution in [1.29, 1.82) is 5.26 Å². The number of aromatic nitrogens is 1. The van der Waals surface area contributed by atoms with Gasteiger partial charge in [0.25, 0.3) is 5.91 Å². The summed E-state index contributed by atoms with van der Waals surface area (Å²) in [5.41, 5.74) is 5.02. The summed E-state index contributed by atoms with van der Waals surface area (Å²) < 4.78 is 0. The molecule has 2 aliphatic rings. The van der Waals surface area contributed by atoms with E-state index in [0.29, 0.717) is 16.3 Å². The number of hydrogen-bond acceptors (Lipinski definition) is 6. The van der Waals surface area contributed by atoms with E-state index in [2.05, 4.69) is 6.07 Å². The molecular formula is C32H32N4O3S. The van der Waals surface area contributed by atoms with Crippen LogP contribution in [0.3, 0.4) is 0 Å². The Labute approximate surface area is 239 Å². The summed E-state index contributed by atoms with van der Waals surface area (Å²) in [6.45, 7) is 2.14. The Bertz CT molecular complexity index is 1450. The third-order valence-corrected chi connectivity index (χ3v) is 8.50. The smallest absolute Gasteiger partial charge is 0.257 e. The molecule has 0 bridgehead atoms. The Balaban J connectivity index is 1.39. The number of aryl methyl sites for hydroxylation is 3. The Morgan fingerprint density at radius 1 is 1.05 bits per heavy atom. The van der Waals surface area contributed by atoms with Crippen molar-refractivity contribution in [3.05, 3.63) is 88.6 Å². The van der Waals surface area contributed by atoms with Gasteiger partial charge in [-0.2, -0.15) is 5.26 Å². The van der Waals surface area contributed by atoms with Crippen LogP contribution in [0, 0.1) is 18.3 Å². The van der Waals surface area contributed by atoms with Gasteiger partial charge in [-0.25, -0.2) is 9.88 Å². The minimum Gasteiger partial charge on any atom is -0.325 e. The van der Waals surface area contributed by atoms with Crippen LogP contribution in [-0.2, 0) is 33.8 Å². The van der Waals surface area contributed by atoms with Crippen LogP contribution >= 0.6 is 11.8 Å². The van der Waals surface area contributed by atoms with Gasteiger partial charge in [-0.3, -0.25) is 14.4 Å². The minimum atomic E-state index is -0.902. The van der Waals surface area contributed by atoms with Gasteiger partial charge < -0.3 is 4.90 Å². The molecule has 7 nitrogen and oxygen atoms in total. The van der Waals surface area contributed by atoms with Crippen LogP contribution < -0.4 is 4.90 Å². The Morgan fingerprint density at radius 3 is 2.50 bits per heavy atom. The van der Waals surface area contributed by atoms with E-state index < -0.39 is 11.9 Å². The molecule has 1 unspecified atom stereocenters. The van der Waals surface area contributed by atoms with Crippen LogP contribution in [0.1, 0.15) is 60.1 Å². The summed E-state index contributed by atoms with van der Waals surface area (Å²) in [7, 11) is 0. The van der Waals surface area contributed by atoms with Gasteiger partial charge in [-0.1, -0.05) is 72.6 Å². The maximum Gasteiger partial charge on any atom is 0.257 e. The molecule has 3 aromatic rings. The number of amides is 3. The lowest BCUT2D eigenvalue weighted by molar-refractivity contribution is -0.136. The molecule has 1 aromatic heterocycles. The Kier molecular flexibility index (Phi) is 8.61. The number of rotatable bonds is 7. The average molecular weight is 553 g/mol. The van der Waals surface area contributed by atoms with E-state index in [-0.39, 0.29) is 30.5 Å². The van der Waals surface area contributed by atoms with Crippen molar-refractivity contribution in [3.63, 3.8) is 0 Å². The number of anilines is 1. The van der Waals surface area contributed by atoms with Crippen LogP contribution in [0.5, 0.6) is 0 Å². The van der Waals surface area contributed by atoms with E-state index >= 15 is 0 Å². The highest BCUT2D eigenvalue weighted by Gasteiger charge is 2.44. The third-order valence-electron chi connectivity index (χ3n) is 7.53. The zero-order valence-corrected chi connectivity index (χ0v) is 23.5. The molecule has 1 aliphatic carbocycles. The van der Waals surface area contributed by atoms with Crippen molar-refractivity contribution in [2.24, 2.45) is 0 Å². The normalized spacial score (nSPS) is 17.1. The Hall–Kier alpha value is -3.96. The number of benzene rings is 2. The summed E-state index contributed by atoms with van der Waals surface area (Å²) >= 11 is 1.23. The number of nitrogens with zero attached hydrogens (tertiary/aromatic N) is 4. The maximum atomic E-state index is 13.7. The van der Waals surface area contributed by atoms with E-state index in [4.69, 9.17) is 4.98 Å².